The van der Waals surface area contributed by atoms with Crippen molar-refractivity contribution in [2.75, 3.05) is 6.54 Å². The van der Waals surface area contributed by atoms with Gasteiger partial charge < -0.3 is 15.3 Å². The maximum Gasteiger partial charge on any atom is 0.133 e. The molecule has 0 amide bonds. The van der Waals surface area contributed by atoms with Crippen molar-refractivity contribution in [3.8, 4) is 0 Å². The van der Waals surface area contributed by atoms with Gasteiger partial charge in [-0.05, 0) is 36.8 Å². The fraction of sp³-hybridized carbons (Fsp3) is 0.286. The van der Waals surface area contributed by atoms with Crippen LogP contribution in [0.2, 0.25) is 5.02 Å². The minimum Gasteiger partial charge on any atom is -0.464 e. The highest BCUT2D eigenvalue weighted by Crippen LogP contribution is 2.35. The van der Waals surface area contributed by atoms with Crippen LogP contribution in [0.25, 0.3) is 0 Å². The summed E-state index contributed by atoms with van der Waals surface area (Å²) in [4.78, 5) is 0. The number of nitrogens with two attached hydrogens (primary N) is 1. The fourth-order valence-electron chi connectivity index (χ4n) is 2.04. The lowest BCUT2D eigenvalue weighted by atomic mass is 9.92. The van der Waals surface area contributed by atoms with Crippen LogP contribution >= 0.6 is 11.6 Å². The lowest BCUT2D eigenvalue weighted by Crippen LogP contribution is -2.20. The third-order valence-electron chi connectivity index (χ3n) is 3.05. The van der Waals surface area contributed by atoms with Crippen LogP contribution in [0.5, 0.6) is 0 Å². The van der Waals surface area contributed by atoms with Crippen LogP contribution in [-0.4, -0.2) is 11.7 Å². The first-order chi connectivity index (χ1) is 9.02. The van der Waals surface area contributed by atoms with Crippen molar-refractivity contribution >= 4 is 11.6 Å². The molecule has 2 rings (SSSR count). The number of hydrogen-bond donors (Lipinski definition) is 2. The summed E-state index contributed by atoms with van der Waals surface area (Å²) in [5.41, 5.74) is 6.31. The van der Waals surface area contributed by atoms with E-state index in [4.69, 9.17) is 21.8 Å². The van der Waals surface area contributed by atoms with E-state index < -0.39 is 17.8 Å². The zero-order valence-electron chi connectivity index (χ0n) is 10.4. The summed E-state index contributed by atoms with van der Waals surface area (Å²) < 4.78 is 18.4. The van der Waals surface area contributed by atoms with Gasteiger partial charge in [0, 0.05) is 17.5 Å². The summed E-state index contributed by atoms with van der Waals surface area (Å²) in [5.74, 6) is 0.259. The first-order valence-corrected chi connectivity index (χ1v) is 6.30. The van der Waals surface area contributed by atoms with E-state index in [1.54, 1.807) is 19.1 Å². The first kappa shape index (κ1) is 14.1. The lowest BCUT2D eigenvalue weighted by Gasteiger charge is -2.21. The Bertz CT molecular complexity index is 570. The van der Waals surface area contributed by atoms with E-state index in [0.29, 0.717) is 17.1 Å². The van der Waals surface area contributed by atoms with Crippen LogP contribution in [0.3, 0.4) is 0 Å². The quantitative estimate of drug-likeness (QED) is 0.906. The van der Waals surface area contributed by atoms with Gasteiger partial charge >= 0.3 is 0 Å². The van der Waals surface area contributed by atoms with Crippen LogP contribution in [0, 0.1) is 12.7 Å². The van der Waals surface area contributed by atoms with Crippen LogP contribution in [0.4, 0.5) is 4.39 Å². The van der Waals surface area contributed by atoms with E-state index in [1.165, 1.54) is 18.2 Å². The Kier molecular flexibility index (Phi) is 4.24. The third kappa shape index (κ3) is 2.97. The average Bonchev–Trinajstić information content (AvgIpc) is 2.79. The van der Waals surface area contributed by atoms with E-state index in [0.717, 1.165) is 0 Å². The Morgan fingerprint density at radius 1 is 1.37 bits per heavy atom. The van der Waals surface area contributed by atoms with Gasteiger partial charge in [-0.3, -0.25) is 0 Å². The maximum atomic E-state index is 13.0. The first-order valence-electron chi connectivity index (χ1n) is 5.92. The summed E-state index contributed by atoms with van der Waals surface area (Å²) >= 11 is 6.00. The molecule has 0 bridgehead atoms. The number of aryl methyl sites for hydroxylation is 1. The number of furan rings is 1. The van der Waals surface area contributed by atoms with Gasteiger partial charge in [0.25, 0.3) is 0 Å². The van der Waals surface area contributed by atoms with Crippen molar-refractivity contribution in [1.29, 1.82) is 0 Å². The summed E-state index contributed by atoms with van der Waals surface area (Å²) in [5, 5.41) is 10.6. The monoisotopic (exact) mass is 283 g/mol. The second-order valence-electron chi connectivity index (χ2n) is 4.40. The number of hydrogen-bond acceptors (Lipinski definition) is 3. The predicted molar refractivity (Wildman–Crippen MR) is 71.6 cm³/mol. The normalized spacial score (nSPS) is 14.4. The van der Waals surface area contributed by atoms with Crippen molar-refractivity contribution in [3.05, 3.63) is 58.3 Å². The van der Waals surface area contributed by atoms with Crippen LogP contribution < -0.4 is 5.73 Å². The zero-order chi connectivity index (χ0) is 14.0. The fourth-order valence-corrected chi connectivity index (χ4v) is 2.35. The average molecular weight is 284 g/mol. The number of aliphatic hydroxyl groups excluding tert-OH is 1. The summed E-state index contributed by atoms with van der Waals surface area (Å²) in [6.07, 6.45) is -0.915. The smallest absolute Gasteiger partial charge is 0.133 e. The minimum absolute atomic E-state index is 0.173. The maximum absolute atomic E-state index is 13.0. The number of benzene rings is 1. The van der Waals surface area contributed by atoms with Crippen molar-refractivity contribution < 1.29 is 13.9 Å². The Morgan fingerprint density at radius 2 is 2.11 bits per heavy atom. The van der Waals surface area contributed by atoms with Crippen LogP contribution in [-0.2, 0) is 0 Å². The molecule has 5 heteroatoms. The lowest BCUT2D eigenvalue weighted by molar-refractivity contribution is 0.121. The van der Waals surface area contributed by atoms with E-state index >= 15 is 0 Å². The molecule has 0 aliphatic rings. The molecule has 2 aromatic rings. The molecule has 0 radical (unpaired) electrons. The van der Waals surface area contributed by atoms with Crippen molar-refractivity contribution in [1.82, 2.24) is 0 Å². The van der Waals surface area contributed by atoms with E-state index in [2.05, 4.69) is 0 Å². The van der Waals surface area contributed by atoms with E-state index in [-0.39, 0.29) is 11.6 Å². The van der Waals surface area contributed by atoms with Crippen molar-refractivity contribution in [2.24, 2.45) is 5.73 Å². The van der Waals surface area contributed by atoms with Gasteiger partial charge in [-0.25, -0.2) is 4.39 Å². The van der Waals surface area contributed by atoms with Gasteiger partial charge in [0.2, 0.25) is 0 Å². The van der Waals surface area contributed by atoms with Gasteiger partial charge in [0.05, 0.1) is 0 Å². The highest BCUT2D eigenvalue weighted by Gasteiger charge is 2.26. The molecular formula is C14H15ClFNO2. The molecule has 2 unspecified atom stereocenters. The Balaban J connectivity index is 2.33. The van der Waals surface area contributed by atoms with Gasteiger partial charge in [0.15, 0.2) is 0 Å². The molecule has 1 aromatic carbocycles. The SMILES string of the molecule is Cc1ccc(C(O)C(CN)c2ccc(F)cc2Cl)o1. The Hall–Kier alpha value is -1.36. The molecule has 1 heterocycles. The van der Waals surface area contributed by atoms with E-state index in [1.807, 2.05) is 0 Å². The Morgan fingerprint density at radius 3 is 2.63 bits per heavy atom. The molecule has 0 fully saturated rings. The van der Waals surface area contributed by atoms with E-state index in [9.17, 15) is 9.50 Å². The molecule has 3 nitrogen and oxygen atoms in total. The largest absolute Gasteiger partial charge is 0.464 e. The number of aliphatic hydroxyl groups is 1. The van der Waals surface area contributed by atoms with Crippen molar-refractivity contribution in [2.45, 2.75) is 18.9 Å². The minimum atomic E-state index is -0.915. The van der Waals surface area contributed by atoms with Gasteiger partial charge in [-0.15, -0.1) is 0 Å². The molecule has 0 saturated heterocycles. The number of rotatable bonds is 4. The predicted octanol–water partition coefficient (Wildman–Crippen LogP) is 3.16. The summed E-state index contributed by atoms with van der Waals surface area (Å²) in [6.45, 7) is 1.96. The highest BCUT2D eigenvalue weighted by atomic mass is 35.5. The molecule has 2 atom stereocenters. The molecule has 0 aliphatic heterocycles. The molecule has 19 heavy (non-hydrogen) atoms. The van der Waals surface area contributed by atoms with Crippen LogP contribution in [0.1, 0.15) is 29.1 Å². The second kappa shape index (κ2) is 5.74. The van der Waals surface area contributed by atoms with Gasteiger partial charge in [-0.1, -0.05) is 17.7 Å². The summed E-state index contributed by atoms with van der Waals surface area (Å²) in [7, 11) is 0. The van der Waals surface area contributed by atoms with Gasteiger partial charge in [-0.2, -0.15) is 0 Å². The van der Waals surface area contributed by atoms with Crippen molar-refractivity contribution in [3.63, 3.8) is 0 Å². The Labute approximate surface area is 115 Å². The highest BCUT2D eigenvalue weighted by molar-refractivity contribution is 6.31. The molecule has 0 saturated carbocycles. The van der Waals surface area contributed by atoms with Crippen LogP contribution in [0.15, 0.2) is 34.7 Å². The second-order valence-corrected chi connectivity index (χ2v) is 4.81. The molecule has 0 aliphatic carbocycles. The standard InChI is InChI=1S/C14H15ClFNO2/c1-8-2-5-13(19-8)14(18)11(7-17)10-4-3-9(16)6-12(10)15/h2-6,11,14,18H,7,17H2,1H3. The number of halogens is 2. The zero-order valence-corrected chi connectivity index (χ0v) is 11.2. The molecule has 1 aromatic heterocycles. The third-order valence-corrected chi connectivity index (χ3v) is 3.38. The molecule has 3 N–H and O–H groups in total. The summed E-state index contributed by atoms with van der Waals surface area (Å²) in [6, 6.07) is 7.50. The van der Waals surface area contributed by atoms with Gasteiger partial charge in [0.1, 0.15) is 23.4 Å². The molecule has 102 valence electrons. The molecular weight excluding hydrogens is 269 g/mol. The molecule has 0 spiro atoms. The topological polar surface area (TPSA) is 59.4 Å².